The minimum Gasteiger partial charge on any atom is -0.504 e. The molecule has 0 saturated heterocycles. The van der Waals surface area contributed by atoms with E-state index < -0.39 is 0 Å². The van der Waals surface area contributed by atoms with Crippen molar-refractivity contribution in [2.75, 3.05) is 27.2 Å². The zero-order valence-corrected chi connectivity index (χ0v) is 10.8. The Morgan fingerprint density at radius 1 is 1.47 bits per heavy atom. The first-order chi connectivity index (χ1) is 8.10. The Kier molecular flexibility index (Phi) is 5.25. The lowest BCUT2D eigenvalue weighted by Gasteiger charge is -2.25. The molecule has 1 aromatic carbocycles. The number of phenolic OH excluding ortho intramolecular Hbond substituents is 1. The third-order valence-corrected chi connectivity index (χ3v) is 3.06. The van der Waals surface area contributed by atoms with E-state index in [1.165, 1.54) is 0 Å². The van der Waals surface area contributed by atoms with Gasteiger partial charge in [0.25, 0.3) is 0 Å². The van der Waals surface area contributed by atoms with Crippen LogP contribution in [0.5, 0.6) is 11.5 Å². The summed E-state index contributed by atoms with van der Waals surface area (Å²) in [6.45, 7) is 3.79. The molecule has 0 bridgehead atoms. The van der Waals surface area contributed by atoms with Gasteiger partial charge in [0, 0.05) is 6.04 Å². The van der Waals surface area contributed by atoms with Gasteiger partial charge in [-0.2, -0.15) is 0 Å². The molecule has 0 fully saturated rings. The van der Waals surface area contributed by atoms with Crippen LogP contribution >= 0.6 is 0 Å². The van der Waals surface area contributed by atoms with Crippen molar-refractivity contribution < 1.29 is 9.84 Å². The van der Waals surface area contributed by atoms with Gasteiger partial charge in [-0.15, -0.1) is 0 Å². The van der Waals surface area contributed by atoms with E-state index >= 15 is 0 Å². The average molecular weight is 238 g/mol. The lowest BCUT2D eigenvalue weighted by Crippen LogP contribution is -2.25. The number of ether oxygens (including phenoxy) is 1. The molecule has 0 aromatic heterocycles. The van der Waals surface area contributed by atoms with Crippen molar-refractivity contribution in [3.05, 3.63) is 23.8 Å². The highest BCUT2D eigenvalue weighted by molar-refractivity contribution is 5.42. The molecule has 1 atom stereocenters. The highest BCUT2D eigenvalue weighted by atomic mass is 16.5. The first-order valence-corrected chi connectivity index (χ1v) is 5.87. The average Bonchev–Trinajstić information content (AvgIpc) is 2.35. The smallest absolute Gasteiger partial charge is 0.160 e. The molecule has 0 aliphatic heterocycles. The van der Waals surface area contributed by atoms with Gasteiger partial charge in [-0.3, -0.25) is 4.90 Å². The molecule has 1 unspecified atom stereocenters. The van der Waals surface area contributed by atoms with E-state index in [1.54, 1.807) is 13.2 Å². The Balaban J connectivity index is 2.77. The van der Waals surface area contributed by atoms with E-state index in [0.717, 1.165) is 18.5 Å². The summed E-state index contributed by atoms with van der Waals surface area (Å²) in [6.07, 6.45) is 0.982. The maximum Gasteiger partial charge on any atom is 0.160 e. The lowest BCUT2D eigenvalue weighted by atomic mass is 10.1. The van der Waals surface area contributed by atoms with Crippen LogP contribution in [-0.2, 0) is 0 Å². The van der Waals surface area contributed by atoms with E-state index in [9.17, 15) is 5.11 Å². The third kappa shape index (κ3) is 3.61. The Morgan fingerprint density at radius 3 is 2.76 bits per heavy atom. The van der Waals surface area contributed by atoms with Crippen molar-refractivity contribution in [1.29, 1.82) is 0 Å². The van der Waals surface area contributed by atoms with Crippen molar-refractivity contribution in [3.63, 3.8) is 0 Å². The molecular weight excluding hydrogens is 216 g/mol. The molecule has 96 valence electrons. The summed E-state index contributed by atoms with van der Waals surface area (Å²) >= 11 is 0. The molecule has 1 rings (SSSR count). The van der Waals surface area contributed by atoms with Crippen LogP contribution in [0.15, 0.2) is 18.2 Å². The zero-order chi connectivity index (χ0) is 12.8. The summed E-state index contributed by atoms with van der Waals surface area (Å²) in [4.78, 5) is 2.23. The predicted molar refractivity (Wildman–Crippen MR) is 69.4 cm³/mol. The van der Waals surface area contributed by atoms with Gasteiger partial charge in [-0.1, -0.05) is 6.07 Å². The number of methoxy groups -OCH3 is 1. The number of hydrogen-bond donors (Lipinski definition) is 2. The molecule has 0 heterocycles. The number of nitrogens with zero attached hydrogens (tertiary/aromatic N) is 1. The fraction of sp³-hybridized carbons (Fsp3) is 0.538. The van der Waals surface area contributed by atoms with Crippen molar-refractivity contribution >= 4 is 0 Å². The van der Waals surface area contributed by atoms with Crippen LogP contribution in [0.2, 0.25) is 0 Å². The molecule has 0 aliphatic rings. The minimum atomic E-state index is 0.174. The monoisotopic (exact) mass is 238 g/mol. The third-order valence-electron chi connectivity index (χ3n) is 3.06. The van der Waals surface area contributed by atoms with Gasteiger partial charge in [0.1, 0.15) is 0 Å². The van der Waals surface area contributed by atoms with Crippen molar-refractivity contribution in [1.82, 2.24) is 4.90 Å². The zero-order valence-electron chi connectivity index (χ0n) is 10.8. The first kappa shape index (κ1) is 13.8. The van der Waals surface area contributed by atoms with Crippen LogP contribution in [0.3, 0.4) is 0 Å². The summed E-state index contributed by atoms with van der Waals surface area (Å²) in [7, 11) is 3.63. The number of rotatable bonds is 6. The van der Waals surface area contributed by atoms with Gasteiger partial charge < -0.3 is 15.6 Å². The molecule has 4 heteroatoms. The standard InChI is InChI=1S/C13H22N2O2/c1-10(15(2)8-4-7-14)11-5-6-12(16)13(9-11)17-3/h5-6,9-10,16H,4,7-8,14H2,1-3H3. The minimum absolute atomic E-state index is 0.174. The van der Waals surface area contributed by atoms with Crippen LogP contribution in [0.4, 0.5) is 0 Å². The Hall–Kier alpha value is -1.26. The van der Waals surface area contributed by atoms with Crippen LogP contribution in [0.1, 0.15) is 24.9 Å². The van der Waals surface area contributed by atoms with Crippen LogP contribution in [0, 0.1) is 0 Å². The summed E-state index contributed by atoms with van der Waals surface area (Å²) < 4.78 is 5.11. The largest absolute Gasteiger partial charge is 0.504 e. The van der Waals surface area contributed by atoms with Crippen molar-refractivity contribution in [3.8, 4) is 11.5 Å². The molecule has 1 aromatic rings. The number of phenols is 1. The summed E-state index contributed by atoms with van der Waals surface area (Å²) in [5.41, 5.74) is 6.63. The molecular formula is C13H22N2O2. The van der Waals surface area contributed by atoms with Crippen LogP contribution in [-0.4, -0.2) is 37.3 Å². The number of aromatic hydroxyl groups is 1. The van der Waals surface area contributed by atoms with E-state index in [1.807, 2.05) is 12.1 Å². The van der Waals surface area contributed by atoms with Gasteiger partial charge in [0.2, 0.25) is 0 Å². The molecule has 3 N–H and O–H groups in total. The fourth-order valence-corrected chi connectivity index (χ4v) is 1.74. The molecule has 0 saturated carbocycles. The summed E-state index contributed by atoms with van der Waals surface area (Å²) in [5, 5.41) is 9.54. The highest BCUT2D eigenvalue weighted by Gasteiger charge is 2.13. The van der Waals surface area contributed by atoms with Gasteiger partial charge in [0.05, 0.1) is 7.11 Å². The summed E-state index contributed by atoms with van der Waals surface area (Å²) in [6, 6.07) is 5.73. The van der Waals surface area contributed by atoms with Crippen molar-refractivity contribution in [2.24, 2.45) is 5.73 Å². The second kappa shape index (κ2) is 6.47. The highest BCUT2D eigenvalue weighted by Crippen LogP contribution is 2.30. The maximum atomic E-state index is 9.54. The van der Waals surface area contributed by atoms with E-state index in [2.05, 4.69) is 18.9 Å². The number of nitrogens with two attached hydrogens (primary N) is 1. The fourth-order valence-electron chi connectivity index (χ4n) is 1.74. The Bertz CT molecular complexity index is 355. The van der Waals surface area contributed by atoms with Gasteiger partial charge in [-0.05, 0) is 51.2 Å². The van der Waals surface area contributed by atoms with E-state index in [-0.39, 0.29) is 11.8 Å². The van der Waals surface area contributed by atoms with Gasteiger partial charge in [-0.25, -0.2) is 0 Å². The Labute approximate surface area is 103 Å². The normalized spacial score (nSPS) is 12.8. The second-order valence-electron chi connectivity index (χ2n) is 4.23. The molecule has 0 radical (unpaired) electrons. The summed E-state index contributed by atoms with van der Waals surface area (Å²) in [5.74, 6) is 0.689. The number of benzene rings is 1. The molecule has 4 nitrogen and oxygen atoms in total. The van der Waals surface area contributed by atoms with Crippen LogP contribution < -0.4 is 10.5 Å². The molecule has 17 heavy (non-hydrogen) atoms. The Morgan fingerprint density at radius 2 is 2.18 bits per heavy atom. The molecule has 0 amide bonds. The topological polar surface area (TPSA) is 58.7 Å². The SMILES string of the molecule is COc1cc(C(C)N(C)CCCN)ccc1O. The maximum absolute atomic E-state index is 9.54. The lowest BCUT2D eigenvalue weighted by molar-refractivity contribution is 0.259. The predicted octanol–water partition coefficient (Wildman–Crippen LogP) is 1.74. The first-order valence-electron chi connectivity index (χ1n) is 5.87. The molecule has 0 aliphatic carbocycles. The number of hydrogen-bond acceptors (Lipinski definition) is 4. The van der Waals surface area contributed by atoms with Gasteiger partial charge in [0.15, 0.2) is 11.5 Å². The second-order valence-corrected chi connectivity index (χ2v) is 4.23. The van der Waals surface area contributed by atoms with E-state index in [4.69, 9.17) is 10.5 Å². The van der Waals surface area contributed by atoms with Crippen LogP contribution in [0.25, 0.3) is 0 Å². The molecule has 0 spiro atoms. The van der Waals surface area contributed by atoms with Crippen molar-refractivity contribution in [2.45, 2.75) is 19.4 Å². The van der Waals surface area contributed by atoms with E-state index in [0.29, 0.717) is 12.3 Å². The van der Waals surface area contributed by atoms with Gasteiger partial charge >= 0.3 is 0 Å². The quantitative estimate of drug-likeness (QED) is 0.792.